The van der Waals surface area contributed by atoms with E-state index in [1.165, 1.54) is 4.57 Å². The van der Waals surface area contributed by atoms with Crippen molar-refractivity contribution in [3.63, 3.8) is 0 Å². The van der Waals surface area contributed by atoms with E-state index in [1.807, 2.05) is 35.2 Å². The molecule has 1 aliphatic heterocycles. The summed E-state index contributed by atoms with van der Waals surface area (Å²) in [7, 11) is 0. The first kappa shape index (κ1) is 16.8. The van der Waals surface area contributed by atoms with Crippen molar-refractivity contribution in [1.82, 2.24) is 19.4 Å². The second-order valence-electron chi connectivity index (χ2n) is 7.22. The number of amides is 1. The molecule has 1 fully saturated rings. The number of carbonyl (C=O) groups is 1. The molecule has 4 aromatic rings. The highest BCUT2D eigenvalue weighted by atomic mass is 16.4. The van der Waals surface area contributed by atoms with Crippen LogP contribution in [0.4, 0.5) is 0 Å². The van der Waals surface area contributed by atoms with Crippen molar-refractivity contribution < 1.29 is 9.21 Å². The Bertz CT molecular complexity index is 1180. The Morgan fingerprint density at radius 2 is 1.86 bits per heavy atom. The predicted molar refractivity (Wildman–Crippen MR) is 105 cm³/mol. The van der Waals surface area contributed by atoms with Crippen LogP contribution in [0.25, 0.3) is 22.1 Å². The zero-order chi connectivity index (χ0) is 19.1. The van der Waals surface area contributed by atoms with E-state index in [0.29, 0.717) is 30.1 Å². The van der Waals surface area contributed by atoms with Gasteiger partial charge in [-0.3, -0.25) is 9.36 Å². The predicted octanol–water partition coefficient (Wildman–Crippen LogP) is 2.88. The van der Waals surface area contributed by atoms with Gasteiger partial charge < -0.3 is 14.3 Å². The van der Waals surface area contributed by atoms with Crippen molar-refractivity contribution in [3.8, 4) is 0 Å². The first-order chi connectivity index (χ1) is 13.7. The van der Waals surface area contributed by atoms with Crippen LogP contribution in [0.5, 0.6) is 0 Å². The number of nitrogens with one attached hydrogen (secondary N) is 1. The molecule has 7 nitrogen and oxygen atoms in total. The molecule has 1 amide bonds. The maximum absolute atomic E-state index is 12.7. The largest absolute Gasteiger partial charge is 0.420 e. The van der Waals surface area contributed by atoms with Crippen LogP contribution in [-0.2, 0) is 11.3 Å². The van der Waals surface area contributed by atoms with Crippen LogP contribution in [0.2, 0.25) is 0 Å². The highest BCUT2D eigenvalue weighted by Gasteiger charge is 2.26. The molecule has 5 rings (SSSR count). The number of hydrogen-bond donors (Lipinski definition) is 1. The first-order valence-corrected chi connectivity index (χ1v) is 9.50. The maximum Gasteiger partial charge on any atom is 0.420 e. The molecule has 1 saturated heterocycles. The Balaban J connectivity index is 1.28. The summed E-state index contributed by atoms with van der Waals surface area (Å²) in [4.78, 5) is 34.8. The van der Waals surface area contributed by atoms with E-state index in [9.17, 15) is 9.59 Å². The number of likely N-dealkylation sites (tertiary alicyclic amines) is 1. The minimum atomic E-state index is -0.494. The second-order valence-corrected chi connectivity index (χ2v) is 7.22. The molecule has 0 atom stereocenters. The molecule has 0 spiro atoms. The summed E-state index contributed by atoms with van der Waals surface area (Å²) in [5.74, 6) is 0.752. The number of hydrogen-bond acceptors (Lipinski definition) is 4. The van der Waals surface area contributed by atoms with Gasteiger partial charge in [-0.2, -0.15) is 0 Å². The molecule has 0 saturated carbocycles. The van der Waals surface area contributed by atoms with Crippen LogP contribution in [0.3, 0.4) is 0 Å². The fourth-order valence-corrected chi connectivity index (χ4v) is 3.97. The second kappa shape index (κ2) is 6.67. The molecule has 1 N–H and O–H groups in total. The third kappa shape index (κ3) is 2.89. The van der Waals surface area contributed by atoms with E-state index in [1.54, 1.807) is 18.2 Å². The van der Waals surface area contributed by atoms with Crippen molar-refractivity contribution in [2.45, 2.75) is 25.3 Å². The van der Waals surface area contributed by atoms with Gasteiger partial charge >= 0.3 is 5.76 Å². The highest BCUT2D eigenvalue weighted by Crippen LogP contribution is 2.28. The molecule has 0 aliphatic carbocycles. The molecule has 0 radical (unpaired) electrons. The standard InChI is InChI=1S/C21H20N4O3/c26-19(13-25-17-7-3-4-8-18(17)28-21(25)27)24-11-9-14(10-12-24)20-22-15-5-1-2-6-16(15)23-20/h1-8,14H,9-13H2,(H,22,23). The summed E-state index contributed by atoms with van der Waals surface area (Å²) in [5, 5.41) is 0. The Morgan fingerprint density at radius 1 is 1.11 bits per heavy atom. The van der Waals surface area contributed by atoms with Gasteiger partial charge in [-0.15, -0.1) is 0 Å². The topological polar surface area (TPSA) is 84.1 Å². The fourth-order valence-electron chi connectivity index (χ4n) is 3.97. The Kier molecular flexibility index (Phi) is 4.00. The van der Waals surface area contributed by atoms with Gasteiger partial charge in [0, 0.05) is 19.0 Å². The van der Waals surface area contributed by atoms with Crippen LogP contribution in [0.15, 0.2) is 57.7 Å². The molecule has 7 heteroatoms. The SMILES string of the molecule is O=C(Cn1c(=O)oc2ccccc21)N1CCC(c2nc3ccccc3[nH]2)CC1. The van der Waals surface area contributed by atoms with Gasteiger partial charge in [0.2, 0.25) is 5.91 Å². The number of imidazole rings is 1. The van der Waals surface area contributed by atoms with E-state index < -0.39 is 5.76 Å². The molecule has 1 aliphatic rings. The highest BCUT2D eigenvalue weighted by molar-refractivity contribution is 5.79. The van der Waals surface area contributed by atoms with E-state index >= 15 is 0 Å². The van der Waals surface area contributed by atoms with Gasteiger partial charge in [-0.25, -0.2) is 9.78 Å². The Morgan fingerprint density at radius 3 is 2.68 bits per heavy atom. The number of carbonyl (C=O) groups excluding carboxylic acids is 1. The average molecular weight is 376 g/mol. The summed E-state index contributed by atoms with van der Waals surface area (Å²) >= 11 is 0. The number of nitrogens with zero attached hydrogens (tertiary/aromatic N) is 3. The van der Waals surface area contributed by atoms with Gasteiger partial charge in [0.1, 0.15) is 12.4 Å². The molecule has 2 aromatic heterocycles. The molecular formula is C21H20N4O3. The summed E-state index contributed by atoms with van der Waals surface area (Å²) < 4.78 is 6.62. The third-order valence-corrected chi connectivity index (χ3v) is 5.51. The number of rotatable bonds is 3. The average Bonchev–Trinajstić information content (AvgIpc) is 3.29. The number of benzene rings is 2. The number of aromatic amines is 1. The number of para-hydroxylation sites is 4. The minimum absolute atomic E-state index is 0.00511. The monoisotopic (exact) mass is 376 g/mol. The quantitative estimate of drug-likeness (QED) is 0.596. The van der Waals surface area contributed by atoms with Crippen LogP contribution < -0.4 is 5.76 Å². The van der Waals surface area contributed by atoms with E-state index in [2.05, 4.69) is 4.98 Å². The number of H-pyrrole nitrogens is 1. The zero-order valence-electron chi connectivity index (χ0n) is 15.3. The number of aromatic nitrogens is 3. The normalized spacial score (nSPS) is 15.5. The van der Waals surface area contributed by atoms with Crippen molar-refractivity contribution in [1.29, 1.82) is 0 Å². The van der Waals surface area contributed by atoms with Crippen LogP contribution in [0.1, 0.15) is 24.6 Å². The van der Waals surface area contributed by atoms with E-state index in [0.717, 1.165) is 29.7 Å². The lowest BCUT2D eigenvalue weighted by Crippen LogP contribution is -2.40. The van der Waals surface area contributed by atoms with Gasteiger partial charge in [0.05, 0.1) is 16.6 Å². The summed E-state index contributed by atoms with van der Waals surface area (Å²) in [6, 6.07) is 15.2. The Hall–Kier alpha value is -3.35. The lowest BCUT2D eigenvalue weighted by Gasteiger charge is -2.31. The van der Waals surface area contributed by atoms with Crippen molar-refractivity contribution in [2.75, 3.05) is 13.1 Å². The van der Waals surface area contributed by atoms with Crippen LogP contribution >= 0.6 is 0 Å². The molecule has 0 unspecified atom stereocenters. The van der Waals surface area contributed by atoms with E-state index in [4.69, 9.17) is 9.40 Å². The summed E-state index contributed by atoms with van der Waals surface area (Å²) in [6.07, 6.45) is 1.71. The molecular weight excluding hydrogens is 356 g/mol. The first-order valence-electron chi connectivity index (χ1n) is 9.50. The number of piperidine rings is 1. The van der Waals surface area contributed by atoms with Crippen molar-refractivity contribution in [3.05, 3.63) is 64.9 Å². The van der Waals surface area contributed by atoms with Crippen molar-refractivity contribution >= 4 is 28.0 Å². The van der Waals surface area contributed by atoms with Crippen LogP contribution in [0, 0.1) is 0 Å². The van der Waals surface area contributed by atoms with Crippen molar-refractivity contribution in [2.24, 2.45) is 0 Å². The van der Waals surface area contributed by atoms with Gasteiger partial charge in [0.15, 0.2) is 5.58 Å². The Labute approximate surface area is 160 Å². The molecule has 28 heavy (non-hydrogen) atoms. The number of fused-ring (bicyclic) bond motifs is 2. The van der Waals surface area contributed by atoms with E-state index in [-0.39, 0.29) is 12.5 Å². The molecule has 2 aromatic carbocycles. The summed E-state index contributed by atoms with van der Waals surface area (Å²) in [5.41, 5.74) is 3.17. The minimum Gasteiger partial charge on any atom is -0.408 e. The fraction of sp³-hybridized carbons (Fsp3) is 0.286. The van der Waals surface area contributed by atoms with Gasteiger partial charge in [-0.1, -0.05) is 24.3 Å². The lowest BCUT2D eigenvalue weighted by molar-refractivity contribution is -0.132. The van der Waals surface area contributed by atoms with Gasteiger partial charge in [-0.05, 0) is 37.1 Å². The van der Waals surface area contributed by atoms with Crippen LogP contribution in [-0.4, -0.2) is 38.4 Å². The lowest BCUT2D eigenvalue weighted by atomic mass is 9.96. The molecule has 0 bridgehead atoms. The number of oxazole rings is 1. The zero-order valence-corrected chi connectivity index (χ0v) is 15.3. The van der Waals surface area contributed by atoms with Gasteiger partial charge in [0.25, 0.3) is 0 Å². The molecule has 142 valence electrons. The third-order valence-electron chi connectivity index (χ3n) is 5.51. The summed E-state index contributed by atoms with van der Waals surface area (Å²) in [6.45, 7) is 1.32. The smallest absolute Gasteiger partial charge is 0.408 e. The maximum atomic E-state index is 12.7. The molecule has 3 heterocycles.